The van der Waals surface area contributed by atoms with Gasteiger partial charge in [0.05, 0.1) is 5.03 Å². The molecule has 2 aromatic rings. The van der Waals surface area contributed by atoms with E-state index in [1.165, 1.54) is 16.6 Å². The highest BCUT2D eigenvalue weighted by Gasteiger charge is 2.26. The van der Waals surface area contributed by atoms with Crippen molar-refractivity contribution in [1.82, 2.24) is 4.57 Å². The van der Waals surface area contributed by atoms with E-state index in [4.69, 9.17) is 22.4 Å². The average molecular weight is 291 g/mol. The van der Waals surface area contributed by atoms with Crippen LogP contribution in [0.2, 0.25) is 0 Å². The summed E-state index contributed by atoms with van der Waals surface area (Å²) in [6, 6.07) is 8.15. The van der Waals surface area contributed by atoms with Crippen LogP contribution in [0, 0.1) is 0 Å². The van der Waals surface area contributed by atoms with Crippen LogP contribution < -0.4 is 5.73 Å². The molecule has 1 aliphatic carbocycles. The molecular formula is C16H19ClN2O. The van der Waals surface area contributed by atoms with Gasteiger partial charge >= 0.3 is 0 Å². The van der Waals surface area contributed by atoms with Gasteiger partial charge in [0.1, 0.15) is 0 Å². The monoisotopic (exact) mass is 290 g/mol. The van der Waals surface area contributed by atoms with Crippen molar-refractivity contribution in [2.24, 2.45) is 12.8 Å². The minimum atomic E-state index is -0.153. The predicted molar refractivity (Wildman–Crippen MR) is 83.7 cm³/mol. The Morgan fingerprint density at radius 2 is 2.10 bits per heavy atom. The van der Waals surface area contributed by atoms with E-state index >= 15 is 0 Å². The van der Waals surface area contributed by atoms with E-state index in [0.717, 1.165) is 29.0 Å². The molecule has 0 spiro atoms. The summed E-state index contributed by atoms with van der Waals surface area (Å²) in [6.45, 7) is 0.0945. The second kappa shape index (κ2) is 5.24. The maximum atomic E-state index is 9.07. The first kappa shape index (κ1) is 13.7. The number of nitrogens with two attached hydrogens (primary N) is 1. The summed E-state index contributed by atoms with van der Waals surface area (Å²) in [6.07, 6.45) is 2.38. The standard InChI is InChI=1S/C16H19ClN2O/c1-19-13-5-3-2-4-11(13)15-14(19)7-6-10(16(15)17)12(18)8-9-20/h2-5,12,20H,6-9,18H2,1H3. The molecule has 1 aromatic carbocycles. The van der Waals surface area contributed by atoms with E-state index in [0.29, 0.717) is 6.42 Å². The van der Waals surface area contributed by atoms with Gasteiger partial charge in [0.15, 0.2) is 0 Å². The van der Waals surface area contributed by atoms with Crippen LogP contribution in [0.1, 0.15) is 24.1 Å². The zero-order valence-electron chi connectivity index (χ0n) is 11.6. The SMILES string of the molecule is Cn1c2c(c3ccccc31)C(Cl)=C(C(N)CCO)CC2. The number of aliphatic hydroxyl groups excluding tert-OH is 1. The molecule has 1 heterocycles. The number of nitrogens with zero attached hydrogens (tertiary/aromatic N) is 1. The van der Waals surface area contributed by atoms with Gasteiger partial charge in [-0.3, -0.25) is 0 Å². The van der Waals surface area contributed by atoms with Gasteiger partial charge in [-0.05, 0) is 30.9 Å². The molecule has 0 aliphatic heterocycles. The van der Waals surface area contributed by atoms with Gasteiger partial charge in [-0.25, -0.2) is 0 Å². The van der Waals surface area contributed by atoms with E-state index in [1.807, 2.05) is 12.1 Å². The summed E-state index contributed by atoms with van der Waals surface area (Å²) in [7, 11) is 2.09. The second-order valence-electron chi connectivity index (χ2n) is 5.36. The van der Waals surface area contributed by atoms with Crippen molar-refractivity contribution in [3.05, 3.63) is 41.1 Å². The Morgan fingerprint density at radius 3 is 2.85 bits per heavy atom. The van der Waals surface area contributed by atoms with Crippen LogP contribution >= 0.6 is 11.6 Å². The zero-order chi connectivity index (χ0) is 14.3. The lowest BCUT2D eigenvalue weighted by atomic mass is 9.90. The first-order valence-corrected chi connectivity index (χ1v) is 7.34. The molecule has 0 bridgehead atoms. The van der Waals surface area contributed by atoms with Crippen molar-refractivity contribution in [3.63, 3.8) is 0 Å². The number of rotatable bonds is 3. The summed E-state index contributed by atoms with van der Waals surface area (Å²) in [5.74, 6) is 0. The molecule has 0 amide bonds. The molecule has 3 rings (SSSR count). The summed E-state index contributed by atoms with van der Waals surface area (Å²) in [4.78, 5) is 0. The lowest BCUT2D eigenvalue weighted by molar-refractivity contribution is 0.280. The van der Waals surface area contributed by atoms with Crippen LogP contribution in [0.3, 0.4) is 0 Å². The van der Waals surface area contributed by atoms with Crippen LogP contribution in [-0.2, 0) is 13.5 Å². The molecule has 1 aliphatic rings. The van der Waals surface area contributed by atoms with Crippen LogP contribution in [0.15, 0.2) is 29.8 Å². The Labute approximate surface area is 123 Å². The number of fused-ring (bicyclic) bond motifs is 3. The van der Waals surface area contributed by atoms with Crippen molar-refractivity contribution in [1.29, 1.82) is 0 Å². The van der Waals surface area contributed by atoms with Gasteiger partial charge in [-0.15, -0.1) is 0 Å². The maximum absolute atomic E-state index is 9.07. The molecule has 1 unspecified atom stereocenters. The van der Waals surface area contributed by atoms with Gasteiger partial charge in [-0.2, -0.15) is 0 Å². The van der Waals surface area contributed by atoms with Gasteiger partial charge in [0.2, 0.25) is 0 Å². The van der Waals surface area contributed by atoms with Gasteiger partial charge in [-0.1, -0.05) is 29.8 Å². The van der Waals surface area contributed by atoms with Crippen molar-refractivity contribution >= 4 is 27.5 Å². The highest BCUT2D eigenvalue weighted by molar-refractivity contribution is 6.50. The third-order valence-electron chi connectivity index (χ3n) is 4.25. The average Bonchev–Trinajstić information content (AvgIpc) is 2.74. The number of aryl methyl sites for hydroxylation is 1. The molecule has 1 aromatic heterocycles. The number of aromatic nitrogens is 1. The first-order chi connectivity index (χ1) is 9.65. The van der Waals surface area contributed by atoms with Crippen LogP contribution in [-0.4, -0.2) is 22.3 Å². The number of hydrogen-bond donors (Lipinski definition) is 2. The highest BCUT2D eigenvalue weighted by Crippen LogP contribution is 2.41. The van der Waals surface area contributed by atoms with Crippen molar-refractivity contribution in [3.8, 4) is 0 Å². The van der Waals surface area contributed by atoms with E-state index in [9.17, 15) is 0 Å². The van der Waals surface area contributed by atoms with E-state index in [2.05, 4.69) is 23.7 Å². The summed E-state index contributed by atoms with van der Waals surface area (Å²) >= 11 is 6.64. The molecule has 20 heavy (non-hydrogen) atoms. The lowest BCUT2D eigenvalue weighted by Crippen LogP contribution is -2.26. The maximum Gasteiger partial charge on any atom is 0.0510 e. The minimum Gasteiger partial charge on any atom is -0.396 e. The van der Waals surface area contributed by atoms with Crippen LogP contribution in [0.5, 0.6) is 0 Å². The van der Waals surface area contributed by atoms with Crippen molar-refractivity contribution < 1.29 is 5.11 Å². The fourth-order valence-electron chi connectivity index (χ4n) is 3.17. The first-order valence-electron chi connectivity index (χ1n) is 6.96. The molecule has 3 nitrogen and oxygen atoms in total. The molecule has 3 N–H and O–H groups in total. The van der Waals surface area contributed by atoms with Crippen LogP contribution in [0.4, 0.5) is 0 Å². The highest BCUT2D eigenvalue weighted by atomic mass is 35.5. The fraction of sp³-hybridized carbons (Fsp3) is 0.375. The molecule has 1 atom stereocenters. The summed E-state index contributed by atoms with van der Waals surface area (Å²) < 4.78 is 2.22. The topological polar surface area (TPSA) is 51.2 Å². The molecule has 106 valence electrons. The number of halogens is 1. The third-order valence-corrected chi connectivity index (χ3v) is 4.68. The Balaban J connectivity index is 2.20. The van der Waals surface area contributed by atoms with Crippen molar-refractivity contribution in [2.45, 2.75) is 25.3 Å². The minimum absolute atomic E-state index is 0.0945. The number of hydrogen-bond acceptors (Lipinski definition) is 2. The number of para-hydroxylation sites is 1. The fourth-order valence-corrected chi connectivity index (χ4v) is 3.61. The molecule has 0 fully saturated rings. The van der Waals surface area contributed by atoms with Crippen LogP contribution in [0.25, 0.3) is 15.9 Å². The molecule has 0 radical (unpaired) electrons. The molecule has 0 saturated carbocycles. The summed E-state index contributed by atoms with van der Waals surface area (Å²) in [5, 5.41) is 11.0. The zero-order valence-corrected chi connectivity index (χ0v) is 12.3. The van der Waals surface area contributed by atoms with Crippen molar-refractivity contribution in [2.75, 3.05) is 6.61 Å². The largest absolute Gasteiger partial charge is 0.396 e. The van der Waals surface area contributed by atoms with Gasteiger partial charge < -0.3 is 15.4 Å². The lowest BCUT2D eigenvalue weighted by Gasteiger charge is -2.23. The second-order valence-corrected chi connectivity index (χ2v) is 5.73. The van der Waals surface area contributed by atoms with Gasteiger partial charge in [0, 0.05) is 41.9 Å². The predicted octanol–water partition coefficient (Wildman–Crippen LogP) is 2.78. The molecular weight excluding hydrogens is 272 g/mol. The Kier molecular flexibility index (Phi) is 3.59. The van der Waals surface area contributed by atoms with E-state index in [1.54, 1.807) is 0 Å². The Bertz CT molecular complexity index is 687. The number of aliphatic hydroxyl groups is 1. The normalized spacial score (nSPS) is 16.6. The molecule has 4 heteroatoms. The molecule has 0 saturated heterocycles. The van der Waals surface area contributed by atoms with E-state index < -0.39 is 0 Å². The quantitative estimate of drug-likeness (QED) is 0.913. The van der Waals surface area contributed by atoms with Gasteiger partial charge in [0.25, 0.3) is 0 Å². The summed E-state index contributed by atoms with van der Waals surface area (Å²) in [5.41, 5.74) is 10.8. The number of benzene rings is 1. The Morgan fingerprint density at radius 1 is 1.35 bits per heavy atom. The Hall–Kier alpha value is -1.29. The smallest absolute Gasteiger partial charge is 0.0510 e. The third kappa shape index (κ3) is 1.97. The van der Waals surface area contributed by atoms with E-state index in [-0.39, 0.29) is 12.6 Å².